The average molecular weight is 275 g/mol. The van der Waals surface area contributed by atoms with E-state index in [0.717, 1.165) is 5.56 Å². The molecule has 0 amide bonds. The number of nitrogens with zero attached hydrogens (tertiary/aromatic N) is 1. The SMILES string of the molecule is CC(Nc1ccc(F)c(C#N)c1)c1ccccc1Cl. The Kier molecular flexibility index (Phi) is 4.03. The van der Waals surface area contributed by atoms with Crippen LogP contribution in [0.15, 0.2) is 42.5 Å². The molecule has 0 bridgehead atoms. The van der Waals surface area contributed by atoms with Crippen LogP contribution in [0.1, 0.15) is 24.1 Å². The molecule has 0 saturated carbocycles. The van der Waals surface area contributed by atoms with Gasteiger partial charge in [-0.25, -0.2) is 4.39 Å². The van der Waals surface area contributed by atoms with Gasteiger partial charge in [0.15, 0.2) is 0 Å². The Morgan fingerprint density at radius 2 is 2.00 bits per heavy atom. The van der Waals surface area contributed by atoms with Gasteiger partial charge in [0.05, 0.1) is 5.56 Å². The Bertz CT molecular complexity index is 634. The summed E-state index contributed by atoms with van der Waals surface area (Å²) in [4.78, 5) is 0. The summed E-state index contributed by atoms with van der Waals surface area (Å²) < 4.78 is 13.2. The Labute approximate surface area is 116 Å². The van der Waals surface area contributed by atoms with E-state index in [1.807, 2.05) is 37.3 Å². The summed E-state index contributed by atoms with van der Waals surface area (Å²) >= 11 is 6.12. The van der Waals surface area contributed by atoms with E-state index >= 15 is 0 Å². The van der Waals surface area contributed by atoms with Crippen LogP contribution < -0.4 is 5.32 Å². The van der Waals surface area contributed by atoms with E-state index in [1.54, 1.807) is 6.07 Å². The molecule has 1 atom stereocenters. The highest BCUT2D eigenvalue weighted by atomic mass is 35.5. The molecule has 1 unspecified atom stereocenters. The van der Waals surface area contributed by atoms with Crippen molar-refractivity contribution in [2.75, 3.05) is 5.32 Å². The summed E-state index contributed by atoms with van der Waals surface area (Å²) in [6, 6.07) is 13.7. The fourth-order valence-corrected chi connectivity index (χ4v) is 2.15. The van der Waals surface area contributed by atoms with E-state index in [2.05, 4.69) is 5.32 Å². The largest absolute Gasteiger partial charge is 0.378 e. The third-order valence-electron chi connectivity index (χ3n) is 2.84. The minimum Gasteiger partial charge on any atom is -0.378 e. The van der Waals surface area contributed by atoms with Gasteiger partial charge < -0.3 is 5.32 Å². The first-order chi connectivity index (χ1) is 9.11. The van der Waals surface area contributed by atoms with Crippen molar-refractivity contribution in [1.29, 1.82) is 5.26 Å². The van der Waals surface area contributed by atoms with Gasteiger partial charge in [0.25, 0.3) is 0 Å². The van der Waals surface area contributed by atoms with Crippen LogP contribution in [-0.4, -0.2) is 0 Å². The van der Waals surface area contributed by atoms with Crippen LogP contribution in [0.2, 0.25) is 5.02 Å². The molecule has 4 heteroatoms. The Balaban J connectivity index is 2.22. The van der Waals surface area contributed by atoms with Gasteiger partial charge in [0, 0.05) is 16.8 Å². The molecule has 0 fully saturated rings. The highest BCUT2D eigenvalue weighted by molar-refractivity contribution is 6.31. The number of benzene rings is 2. The molecule has 0 aliphatic rings. The van der Waals surface area contributed by atoms with Crippen LogP contribution in [0.5, 0.6) is 0 Å². The summed E-state index contributed by atoms with van der Waals surface area (Å²) in [5.74, 6) is -0.515. The van der Waals surface area contributed by atoms with E-state index in [1.165, 1.54) is 12.1 Å². The molecule has 2 rings (SSSR count). The number of halogens is 2. The molecule has 0 saturated heterocycles. The van der Waals surface area contributed by atoms with Gasteiger partial charge in [0.1, 0.15) is 11.9 Å². The monoisotopic (exact) mass is 274 g/mol. The molecular formula is C15H12ClFN2. The minimum absolute atomic E-state index is 0.0244. The second-order valence-electron chi connectivity index (χ2n) is 4.19. The van der Waals surface area contributed by atoms with Crippen molar-refractivity contribution in [3.05, 3.63) is 64.4 Å². The molecule has 0 radical (unpaired) electrons. The molecule has 0 aliphatic heterocycles. The van der Waals surface area contributed by atoms with E-state index in [9.17, 15) is 4.39 Å². The molecule has 19 heavy (non-hydrogen) atoms. The topological polar surface area (TPSA) is 35.8 Å². The second kappa shape index (κ2) is 5.73. The van der Waals surface area contributed by atoms with Gasteiger partial charge in [-0.15, -0.1) is 0 Å². The maximum atomic E-state index is 13.2. The van der Waals surface area contributed by atoms with E-state index < -0.39 is 5.82 Å². The summed E-state index contributed by atoms with van der Waals surface area (Å²) in [6.07, 6.45) is 0. The molecule has 0 aliphatic carbocycles. The standard InChI is InChI=1S/C15H12ClFN2/c1-10(13-4-2-3-5-14(13)16)19-12-6-7-15(17)11(8-12)9-18/h2-8,10,19H,1H3. The normalized spacial score (nSPS) is 11.7. The number of rotatable bonds is 3. The van der Waals surface area contributed by atoms with E-state index in [-0.39, 0.29) is 11.6 Å². The maximum Gasteiger partial charge on any atom is 0.141 e. The van der Waals surface area contributed by atoms with Gasteiger partial charge in [0.2, 0.25) is 0 Å². The van der Waals surface area contributed by atoms with E-state index in [0.29, 0.717) is 10.7 Å². The minimum atomic E-state index is -0.515. The van der Waals surface area contributed by atoms with Gasteiger partial charge >= 0.3 is 0 Å². The van der Waals surface area contributed by atoms with Gasteiger partial charge in [-0.2, -0.15) is 5.26 Å². The highest BCUT2D eigenvalue weighted by Crippen LogP contribution is 2.26. The Hall–Kier alpha value is -2.05. The second-order valence-corrected chi connectivity index (χ2v) is 4.60. The van der Waals surface area contributed by atoms with Crippen LogP contribution in [0.4, 0.5) is 10.1 Å². The number of anilines is 1. The van der Waals surface area contributed by atoms with Crippen molar-refractivity contribution in [1.82, 2.24) is 0 Å². The van der Waals surface area contributed by atoms with Crippen molar-refractivity contribution in [3.63, 3.8) is 0 Å². The molecule has 96 valence electrons. The van der Waals surface area contributed by atoms with Crippen LogP contribution in [0.25, 0.3) is 0 Å². The van der Waals surface area contributed by atoms with Gasteiger partial charge in [-0.05, 0) is 36.8 Å². The zero-order valence-corrected chi connectivity index (χ0v) is 11.1. The van der Waals surface area contributed by atoms with Crippen molar-refractivity contribution in [2.45, 2.75) is 13.0 Å². The van der Waals surface area contributed by atoms with Crippen molar-refractivity contribution < 1.29 is 4.39 Å². The number of nitrogens with one attached hydrogen (secondary N) is 1. The molecule has 0 aromatic heterocycles. The fourth-order valence-electron chi connectivity index (χ4n) is 1.85. The molecule has 1 N–H and O–H groups in total. The Morgan fingerprint density at radius 3 is 2.68 bits per heavy atom. The molecule has 2 aromatic rings. The van der Waals surface area contributed by atoms with Crippen molar-refractivity contribution >= 4 is 17.3 Å². The first-order valence-corrected chi connectivity index (χ1v) is 6.20. The number of hydrogen-bond acceptors (Lipinski definition) is 2. The predicted molar refractivity (Wildman–Crippen MR) is 74.6 cm³/mol. The average Bonchev–Trinajstić information content (AvgIpc) is 2.41. The lowest BCUT2D eigenvalue weighted by Crippen LogP contribution is -2.07. The smallest absolute Gasteiger partial charge is 0.141 e. The molecule has 2 aromatic carbocycles. The van der Waals surface area contributed by atoms with Gasteiger partial charge in [-0.1, -0.05) is 29.8 Å². The zero-order valence-electron chi connectivity index (χ0n) is 10.3. The first kappa shape index (κ1) is 13.4. The van der Waals surface area contributed by atoms with Crippen molar-refractivity contribution in [2.24, 2.45) is 0 Å². The Morgan fingerprint density at radius 1 is 1.26 bits per heavy atom. The van der Waals surface area contributed by atoms with Crippen molar-refractivity contribution in [3.8, 4) is 6.07 Å². The highest BCUT2D eigenvalue weighted by Gasteiger charge is 2.10. The van der Waals surface area contributed by atoms with Gasteiger partial charge in [-0.3, -0.25) is 0 Å². The lowest BCUT2D eigenvalue weighted by atomic mass is 10.1. The third-order valence-corrected chi connectivity index (χ3v) is 3.19. The number of hydrogen-bond donors (Lipinski definition) is 1. The van der Waals surface area contributed by atoms with Crippen LogP contribution in [-0.2, 0) is 0 Å². The molecule has 0 heterocycles. The summed E-state index contributed by atoms with van der Waals surface area (Å²) in [5.41, 5.74) is 1.66. The quantitative estimate of drug-likeness (QED) is 0.893. The zero-order chi connectivity index (χ0) is 13.8. The molecule has 0 spiro atoms. The van der Waals surface area contributed by atoms with Crippen LogP contribution in [0.3, 0.4) is 0 Å². The lowest BCUT2D eigenvalue weighted by molar-refractivity contribution is 0.624. The lowest BCUT2D eigenvalue weighted by Gasteiger charge is -2.17. The molecular weight excluding hydrogens is 263 g/mol. The molecule has 2 nitrogen and oxygen atoms in total. The number of nitriles is 1. The van der Waals surface area contributed by atoms with Crippen LogP contribution in [0, 0.1) is 17.1 Å². The maximum absolute atomic E-state index is 13.2. The fraction of sp³-hybridized carbons (Fsp3) is 0.133. The first-order valence-electron chi connectivity index (χ1n) is 5.82. The predicted octanol–water partition coefficient (Wildman–Crippen LogP) is 4.52. The third kappa shape index (κ3) is 3.04. The van der Waals surface area contributed by atoms with Crippen LogP contribution >= 0.6 is 11.6 Å². The summed E-state index contributed by atoms with van der Waals surface area (Å²) in [5, 5.41) is 12.7. The summed E-state index contributed by atoms with van der Waals surface area (Å²) in [6.45, 7) is 1.95. The summed E-state index contributed by atoms with van der Waals surface area (Å²) in [7, 11) is 0. The van der Waals surface area contributed by atoms with E-state index in [4.69, 9.17) is 16.9 Å².